The zero-order valence-electron chi connectivity index (χ0n) is 10.3. The van der Waals surface area contributed by atoms with Crippen molar-refractivity contribution < 1.29 is 23.1 Å². The number of methoxy groups -OCH3 is 1. The summed E-state index contributed by atoms with van der Waals surface area (Å²) < 4.78 is 26.9. The SMILES string of the molecule is CCC.COc1ccc(C(=O)O)cc1S(=O)(=O)Cl. The Balaban J connectivity index is 0.000000873. The Morgan fingerprint density at radius 1 is 1.39 bits per heavy atom. The van der Waals surface area contributed by atoms with Crippen LogP contribution in [0.5, 0.6) is 5.75 Å². The number of rotatable bonds is 3. The molecule has 1 N–H and O–H groups in total. The molecule has 1 aromatic rings. The molecule has 1 aromatic carbocycles. The predicted octanol–water partition coefficient (Wildman–Crippen LogP) is 2.74. The molecule has 0 bridgehead atoms. The van der Waals surface area contributed by atoms with Crippen molar-refractivity contribution in [2.75, 3.05) is 7.11 Å². The van der Waals surface area contributed by atoms with Crippen LogP contribution >= 0.6 is 10.7 Å². The highest BCUT2D eigenvalue weighted by atomic mass is 35.7. The monoisotopic (exact) mass is 294 g/mol. The second kappa shape index (κ2) is 7.23. The fraction of sp³-hybridized carbons (Fsp3) is 0.364. The summed E-state index contributed by atoms with van der Waals surface area (Å²) in [4.78, 5) is 10.2. The minimum absolute atomic E-state index is 0.00926. The highest BCUT2D eigenvalue weighted by molar-refractivity contribution is 8.13. The van der Waals surface area contributed by atoms with E-state index in [1.807, 2.05) is 0 Å². The Morgan fingerprint density at radius 3 is 2.22 bits per heavy atom. The van der Waals surface area contributed by atoms with E-state index < -0.39 is 15.0 Å². The molecule has 0 saturated carbocycles. The molecule has 0 fully saturated rings. The van der Waals surface area contributed by atoms with Gasteiger partial charge >= 0.3 is 5.97 Å². The molecular formula is C11H15ClO5S. The van der Waals surface area contributed by atoms with Gasteiger partial charge in [-0.25, -0.2) is 13.2 Å². The van der Waals surface area contributed by atoms with Crippen LogP contribution in [0.2, 0.25) is 0 Å². The standard InChI is InChI=1S/C8H7ClO5S.C3H8/c1-14-6-3-2-5(8(10)11)4-7(6)15(9,12)13;1-3-2/h2-4H,1H3,(H,10,11);3H2,1-2H3. The molecule has 0 atom stereocenters. The van der Waals surface area contributed by atoms with E-state index in [9.17, 15) is 13.2 Å². The van der Waals surface area contributed by atoms with Crippen LogP contribution in [0.3, 0.4) is 0 Å². The molecule has 0 aliphatic carbocycles. The van der Waals surface area contributed by atoms with Gasteiger partial charge in [-0.1, -0.05) is 20.3 Å². The molecule has 0 spiro atoms. The zero-order chi connectivity index (χ0) is 14.3. The van der Waals surface area contributed by atoms with Crippen LogP contribution in [0.1, 0.15) is 30.6 Å². The lowest BCUT2D eigenvalue weighted by Gasteiger charge is -2.05. The summed E-state index contributed by atoms with van der Waals surface area (Å²) in [6.07, 6.45) is 1.25. The fourth-order valence-corrected chi connectivity index (χ4v) is 2.02. The third-order valence-electron chi connectivity index (χ3n) is 1.67. The number of carboxylic acids is 1. The molecular weight excluding hydrogens is 280 g/mol. The summed E-state index contributed by atoms with van der Waals surface area (Å²) in [6, 6.07) is 3.41. The maximum Gasteiger partial charge on any atom is 0.335 e. The normalized spacial score (nSPS) is 10.2. The first-order valence-corrected chi connectivity index (χ1v) is 7.44. The highest BCUT2D eigenvalue weighted by Crippen LogP contribution is 2.27. The lowest BCUT2D eigenvalue weighted by Crippen LogP contribution is -2.01. The maximum atomic E-state index is 11.1. The summed E-state index contributed by atoms with van der Waals surface area (Å²) in [5.74, 6) is -1.23. The van der Waals surface area contributed by atoms with Crippen molar-refractivity contribution in [3.05, 3.63) is 23.8 Å². The van der Waals surface area contributed by atoms with Crippen LogP contribution in [-0.4, -0.2) is 26.6 Å². The van der Waals surface area contributed by atoms with Crippen LogP contribution < -0.4 is 4.74 Å². The van der Waals surface area contributed by atoms with Crippen molar-refractivity contribution in [3.8, 4) is 5.75 Å². The fourth-order valence-electron chi connectivity index (χ4n) is 1.00. The molecule has 1 rings (SSSR count). The lowest BCUT2D eigenvalue weighted by molar-refractivity contribution is 0.0696. The number of hydrogen-bond acceptors (Lipinski definition) is 4. The molecule has 0 heterocycles. The zero-order valence-corrected chi connectivity index (χ0v) is 11.9. The molecule has 0 aliphatic heterocycles. The molecule has 0 aromatic heterocycles. The van der Waals surface area contributed by atoms with Crippen LogP contribution in [-0.2, 0) is 9.05 Å². The van der Waals surface area contributed by atoms with E-state index in [4.69, 9.17) is 20.5 Å². The van der Waals surface area contributed by atoms with Gasteiger partial charge in [0.2, 0.25) is 0 Å². The number of hydrogen-bond donors (Lipinski definition) is 1. The number of ether oxygens (including phenoxy) is 1. The first kappa shape index (κ1) is 16.7. The van der Waals surface area contributed by atoms with E-state index in [-0.39, 0.29) is 16.2 Å². The van der Waals surface area contributed by atoms with Gasteiger partial charge in [0.25, 0.3) is 9.05 Å². The predicted molar refractivity (Wildman–Crippen MR) is 69.0 cm³/mol. The maximum absolute atomic E-state index is 11.1. The van der Waals surface area contributed by atoms with E-state index in [1.165, 1.54) is 25.7 Å². The van der Waals surface area contributed by atoms with Gasteiger partial charge in [-0.15, -0.1) is 0 Å². The number of aromatic carboxylic acids is 1. The van der Waals surface area contributed by atoms with Gasteiger partial charge in [-0.2, -0.15) is 0 Å². The smallest absolute Gasteiger partial charge is 0.335 e. The van der Waals surface area contributed by atoms with Crippen molar-refractivity contribution >= 4 is 25.7 Å². The third kappa shape index (κ3) is 4.93. The first-order chi connectivity index (χ1) is 8.27. The van der Waals surface area contributed by atoms with Gasteiger partial charge in [0.1, 0.15) is 10.6 Å². The quantitative estimate of drug-likeness (QED) is 0.867. The van der Waals surface area contributed by atoms with Crippen LogP contribution in [0.4, 0.5) is 0 Å². The van der Waals surface area contributed by atoms with Crippen molar-refractivity contribution in [1.82, 2.24) is 0 Å². The number of benzene rings is 1. The largest absolute Gasteiger partial charge is 0.495 e. The van der Waals surface area contributed by atoms with Crippen molar-refractivity contribution in [2.24, 2.45) is 0 Å². The number of halogens is 1. The van der Waals surface area contributed by atoms with Crippen LogP contribution in [0.15, 0.2) is 23.1 Å². The van der Waals surface area contributed by atoms with Crippen molar-refractivity contribution in [2.45, 2.75) is 25.2 Å². The molecule has 0 amide bonds. The number of carbonyl (C=O) groups is 1. The van der Waals surface area contributed by atoms with E-state index >= 15 is 0 Å². The Labute approximate surface area is 111 Å². The van der Waals surface area contributed by atoms with Crippen molar-refractivity contribution in [1.29, 1.82) is 0 Å². The molecule has 0 saturated heterocycles. The highest BCUT2D eigenvalue weighted by Gasteiger charge is 2.18. The van der Waals surface area contributed by atoms with Gasteiger partial charge in [0, 0.05) is 10.7 Å². The van der Waals surface area contributed by atoms with Gasteiger partial charge in [-0.3, -0.25) is 0 Å². The Hall–Kier alpha value is -1.27. The molecule has 5 nitrogen and oxygen atoms in total. The van der Waals surface area contributed by atoms with Crippen LogP contribution in [0.25, 0.3) is 0 Å². The summed E-state index contributed by atoms with van der Waals surface area (Å²) in [7, 11) is 2.37. The van der Waals surface area contributed by atoms with Gasteiger partial charge in [-0.05, 0) is 18.2 Å². The summed E-state index contributed by atoms with van der Waals surface area (Å²) >= 11 is 0. The Morgan fingerprint density at radius 2 is 1.89 bits per heavy atom. The Bertz CT molecular complexity index is 510. The van der Waals surface area contributed by atoms with Gasteiger partial charge < -0.3 is 9.84 Å². The second-order valence-electron chi connectivity index (χ2n) is 3.32. The average Bonchev–Trinajstić information content (AvgIpc) is 2.28. The van der Waals surface area contributed by atoms with Crippen LogP contribution in [0, 0.1) is 0 Å². The van der Waals surface area contributed by atoms with Gasteiger partial charge in [0.15, 0.2) is 0 Å². The molecule has 102 valence electrons. The van der Waals surface area contributed by atoms with E-state index in [1.54, 1.807) is 0 Å². The first-order valence-electron chi connectivity index (χ1n) is 5.13. The van der Waals surface area contributed by atoms with E-state index in [2.05, 4.69) is 13.8 Å². The third-order valence-corrected chi connectivity index (χ3v) is 3.02. The summed E-state index contributed by atoms with van der Waals surface area (Å²) in [5.41, 5.74) is -0.171. The minimum atomic E-state index is -4.02. The van der Waals surface area contributed by atoms with Crippen molar-refractivity contribution in [3.63, 3.8) is 0 Å². The molecule has 18 heavy (non-hydrogen) atoms. The molecule has 0 radical (unpaired) electrons. The Kier molecular flexibility index (Phi) is 6.72. The van der Waals surface area contributed by atoms with E-state index in [0.29, 0.717) is 0 Å². The summed E-state index contributed by atoms with van der Waals surface area (Å²) in [6.45, 7) is 4.25. The second-order valence-corrected chi connectivity index (χ2v) is 5.85. The number of carboxylic acid groups (broad SMARTS) is 1. The minimum Gasteiger partial charge on any atom is -0.495 e. The topological polar surface area (TPSA) is 80.7 Å². The van der Waals surface area contributed by atoms with Gasteiger partial charge in [0.05, 0.1) is 12.7 Å². The molecule has 7 heteroatoms. The summed E-state index contributed by atoms with van der Waals surface area (Å²) in [5, 5.41) is 8.66. The molecule has 0 aliphatic rings. The molecule has 0 unspecified atom stereocenters. The van der Waals surface area contributed by atoms with E-state index in [0.717, 1.165) is 6.07 Å². The average molecular weight is 295 g/mol. The lowest BCUT2D eigenvalue weighted by atomic mass is 10.2.